The SMILES string of the molecule is CN(C)CCCN1c2ccccc2CCc2ccccc21.C[C@@H](c1ncncc1F)[C@](O)(Cn1cncn1)c1ccc(F)cc1F.Clc1ccc(COC(Cn2ccnc2)c2ccc(Cl)cc2Cl)c(Cl)c1. The Morgan fingerprint density at radius 3 is 2.07 bits per heavy atom. The van der Waals surface area contributed by atoms with Crippen molar-refractivity contribution in [2.45, 2.75) is 63.5 Å². The fraction of sp³-hybridized carbons (Fsp3) is 0.264. The molecule has 0 amide bonds. The fourth-order valence-corrected chi connectivity index (χ4v) is 9.29. The first-order valence-electron chi connectivity index (χ1n) is 22.7. The van der Waals surface area contributed by atoms with Gasteiger partial charge in [0.1, 0.15) is 42.3 Å². The molecule has 5 aromatic carbocycles. The summed E-state index contributed by atoms with van der Waals surface area (Å²) in [6.07, 6.45) is 13.1. The van der Waals surface area contributed by atoms with Gasteiger partial charge in [-0.3, -0.25) is 0 Å². The van der Waals surface area contributed by atoms with Gasteiger partial charge in [0.25, 0.3) is 0 Å². The predicted molar refractivity (Wildman–Crippen MR) is 274 cm³/mol. The van der Waals surface area contributed by atoms with Crippen LogP contribution in [-0.2, 0) is 42.9 Å². The summed E-state index contributed by atoms with van der Waals surface area (Å²) in [5, 5.41) is 17.5. The van der Waals surface area contributed by atoms with Gasteiger partial charge in [-0.15, -0.1) is 0 Å². The molecule has 0 fully saturated rings. The molecule has 1 unspecified atom stereocenters. The molecular weight excluding hydrogens is 993 g/mol. The predicted octanol–water partition coefficient (Wildman–Crippen LogP) is 12.5. The standard InChI is InChI=1S/C19H24N2.C18H14Cl4N2O.C16H14F3N5O/c1-20(2)14-7-15-21-18-10-5-3-8-16(18)12-13-17-9-4-6-11-19(17)21;19-13-2-1-12(16(21)7-13)10-25-18(9-24-6-5-23-11-24)15-4-3-14(20)8-17(15)22;1-10(15-14(19)5-20-7-22-15)16(25,6-24-9-21-8-23-24)12-3-2-11(17)4-13(12)18/h3-6,8-11H,7,12-15H2,1-2H3;1-8,11,18H,9-10H2;2-5,7-10,25H,6H2,1H3/t;;10-,16+/m..0/s1. The van der Waals surface area contributed by atoms with Gasteiger partial charge < -0.3 is 24.2 Å². The summed E-state index contributed by atoms with van der Waals surface area (Å²) in [5.74, 6) is -3.47. The molecule has 0 saturated carbocycles. The van der Waals surface area contributed by atoms with E-state index in [4.69, 9.17) is 51.1 Å². The average Bonchev–Trinajstić information content (AvgIpc) is 4.04. The first kappa shape index (κ1) is 53.0. The van der Waals surface area contributed by atoms with E-state index in [0.29, 0.717) is 39.3 Å². The van der Waals surface area contributed by atoms with Crippen LogP contribution in [0.5, 0.6) is 0 Å². The van der Waals surface area contributed by atoms with Crippen molar-refractivity contribution in [3.8, 4) is 0 Å². The van der Waals surface area contributed by atoms with E-state index in [1.807, 2.05) is 22.9 Å². The summed E-state index contributed by atoms with van der Waals surface area (Å²) in [4.78, 5) is 20.0. The average molecular weight is 1050 g/mol. The maximum absolute atomic E-state index is 14.4. The molecule has 1 N–H and O–H groups in total. The van der Waals surface area contributed by atoms with Gasteiger partial charge in [-0.1, -0.05) is 108 Å². The van der Waals surface area contributed by atoms with Crippen molar-refractivity contribution in [3.05, 3.63) is 218 Å². The van der Waals surface area contributed by atoms with Crippen LogP contribution >= 0.6 is 46.4 Å². The minimum atomic E-state index is -1.96. The zero-order chi connectivity index (χ0) is 50.5. The molecule has 0 aliphatic carbocycles. The Morgan fingerprint density at radius 1 is 0.775 bits per heavy atom. The molecule has 3 aromatic heterocycles. The number of fused-ring (bicyclic) bond motifs is 2. The molecule has 1 aliphatic rings. The number of para-hydroxylation sites is 2. The highest BCUT2D eigenvalue weighted by molar-refractivity contribution is 6.35. The first-order valence-corrected chi connectivity index (χ1v) is 24.2. The topological polar surface area (TPSA) is 110 Å². The van der Waals surface area contributed by atoms with Gasteiger partial charge >= 0.3 is 0 Å². The van der Waals surface area contributed by atoms with Crippen LogP contribution in [0.4, 0.5) is 24.5 Å². The summed E-state index contributed by atoms with van der Waals surface area (Å²) in [6, 6.07) is 31.2. The van der Waals surface area contributed by atoms with Crippen LogP contribution in [0.2, 0.25) is 20.1 Å². The number of aryl methyl sites for hydroxylation is 2. The van der Waals surface area contributed by atoms with E-state index < -0.39 is 29.0 Å². The Bertz CT molecular complexity index is 2920. The van der Waals surface area contributed by atoms with Crippen LogP contribution in [0.1, 0.15) is 58.9 Å². The van der Waals surface area contributed by atoms with Crippen molar-refractivity contribution in [2.24, 2.45) is 0 Å². The molecule has 3 atom stereocenters. The number of halogens is 7. The van der Waals surface area contributed by atoms with Crippen LogP contribution in [0.25, 0.3) is 0 Å². The molecule has 0 bridgehead atoms. The van der Waals surface area contributed by atoms with E-state index in [2.05, 4.69) is 97.5 Å². The fourth-order valence-electron chi connectivity index (χ4n) is 8.30. The number of benzene rings is 5. The highest BCUT2D eigenvalue weighted by atomic mass is 35.5. The molecule has 370 valence electrons. The minimum Gasteiger partial charge on any atom is -0.382 e. The number of imidazole rings is 1. The molecule has 0 saturated heterocycles. The van der Waals surface area contributed by atoms with Crippen molar-refractivity contribution in [1.82, 2.24) is 39.2 Å². The van der Waals surface area contributed by atoms with Crippen LogP contribution in [0.3, 0.4) is 0 Å². The lowest BCUT2D eigenvalue weighted by atomic mass is 9.79. The van der Waals surface area contributed by atoms with Crippen molar-refractivity contribution >= 4 is 57.8 Å². The lowest BCUT2D eigenvalue weighted by molar-refractivity contribution is -0.0133. The second-order valence-corrected chi connectivity index (χ2v) is 18.8. The number of rotatable bonds is 15. The normalized spacial score (nSPS) is 13.7. The van der Waals surface area contributed by atoms with Crippen LogP contribution in [-0.4, -0.2) is 71.5 Å². The maximum Gasteiger partial charge on any atom is 0.163 e. The van der Waals surface area contributed by atoms with Gasteiger partial charge in [-0.25, -0.2) is 37.8 Å². The number of aromatic nitrogens is 7. The third-order valence-electron chi connectivity index (χ3n) is 12.0. The number of hydrogen-bond acceptors (Lipinski definition) is 9. The highest BCUT2D eigenvalue weighted by Crippen LogP contribution is 2.40. The summed E-state index contributed by atoms with van der Waals surface area (Å²) in [6.45, 7) is 4.35. The zero-order valence-corrected chi connectivity index (χ0v) is 42.2. The maximum atomic E-state index is 14.4. The smallest absolute Gasteiger partial charge is 0.163 e. The second-order valence-electron chi connectivity index (χ2n) is 17.1. The zero-order valence-electron chi connectivity index (χ0n) is 39.2. The molecule has 9 rings (SSSR count). The Hall–Kier alpha value is -5.84. The molecule has 0 radical (unpaired) electrons. The summed E-state index contributed by atoms with van der Waals surface area (Å²) in [5.41, 5.74) is 5.17. The molecule has 71 heavy (non-hydrogen) atoms. The summed E-state index contributed by atoms with van der Waals surface area (Å²) >= 11 is 24.5. The Labute approximate surface area is 431 Å². The van der Waals surface area contributed by atoms with Gasteiger partial charge in [0.05, 0.1) is 37.9 Å². The molecule has 4 heterocycles. The van der Waals surface area contributed by atoms with E-state index >= 15 is 0 Å². The minimum absolute atomic E-state index is 0.0960. The molecule has 0 spiro atoms. The number of ether oxygens (including phenoxy) is 1. The first-order chi connectivity index (χ1) is 34.2. The quantitative estimate of drug-likeness (QED) is 0.107. The summed E-state index contributed by atoms with van der Waals surface area (Å²) < 4.78 is 51.1. The van der Waals surface area contributed by atoms with E-state index in [0.717, 1.165) is 61.7 Å². The Morgan fingerprint density at radius 2 is 1.46 bits per heavy atom. The largest absolute Gasteiger partial charge is 0.382 e. The van der Waals surface area contributed by atoms with E-state index in [1.165, 1.54) is 53.2 Å². The molecule has 18 heteroatoms. The van der Waals surface area contributed by atoms with Crippen LogP contribution in [0.15, 0.2) is 147 Å². The van der Waals surface area contributed by atoms with Crippen molar-refractivity contribution in [3.63, 3.8) is 0 Å². The van der Waals surface area contributed by atoms with E-state index in [1.54, 1.807) is 36.8 Å². The molecule has 1 aliphatic heterocycles. The summed E-state index contributed by atoms with van der Waals surface area (Å²) in [7, 11) is 4.29. The van der Waals surface area contributed by atoms with Gasteiger partial charge in [-0.05, 0) is 99.1 Å². The lowest BCUT2D eigenvalue weighted by Crippen LogP contribution is -2.39. The highest BCUT2D eigenvalue weighted by Gasteiger charge is 2.42. The van der Waals surface area contributed by atoms with Crippen molar-refractivity contribution in [1.29, 1.82) is 0 Å². The van der Waals surface area contributed by atoms with Crippen molar-refractivity contribution < 1.29 is 23.0 Å². The van der Waals surface area contributed by atoms with Crippen LogP contribution in [0, 0.1) is 17.5 Å². The van der Waals surface area contributed by atoms with E-state index in [-0.39, 0.29) is 23.9 Å². The van der Waals surface area contributed by atoms with Crippen molar-refractivity contribution in [2.75, 3.05) is 32.1 Å². The van der Waals surface area contributed by atoms with Gasteiger partial charge in [0, 0.05) is 73.5 Å². The third-order valence-corrected chi connectivity index (χ3v) is 13.2. The lowest BCUT2D eigenvalue weighted by Gasteiger charge is -2.34. The van der Waals surface area contributed by atoms with Gasteiger partial charge in [0.2, 0.25) is 0 Å². The number of nitrogens with zero attached hydrogens (tertiary/aromatic N) is 9. The Kier molecular flexibility index (Phi) is 18.7. The monoisotopic (exact) mass is 1040 g/mol. The molecule has 11 nitrogen and oxygen atoms in total. The number of anilines is 2. The third kappa shape index (κ3) is 14.0. The molecule has 8 aromatic rings. The second kappa shape index (κ2) is 25.0. The number of hydrogen-bond donors (Lipinski definition) is 1. The van der Waals surface area contributed by atoms with Gasteiger partial charge in [-0.2, -0.15) is 5.10 Å². The molecular formula is C53H52Cl4F3N9O2. The van der Waals surface area contributed by atoms with Crippen LogP contribution < -0.4 is 4.90 Å². The van der Waals surface area contributed by atoms with E-state index in [9.17, 15) is 18.3 Å². The Balaban J connectivity index is 0.000000157. The van der Waals surface area contributed by atoms with Gasteiger partial charge in [0.15, 0.2) is 5.82 Å². The number of aliphatic hydroxyl groups is 1.